The van der Waals surface area contributed by atoms with E-state index in [1.807, 2.05) is 24.3 Å². The fourth-order valence-corrected chi connectivity index (χ4v) is 2.52. The SMILES string of the molecule is C=CCCCCCC(N)c1c(Cl)cccc1Cl. The van der Waals surface area contributed by atoms with Gasteiger partial charge in [0.05, 0.1) is 0 Å². The Kier molecular flexibility index (Phi) is 6.64. The van der Waals surface area contributed by atoms with Gasteiger partial charge in [-0.25, -0.2) is 0 Å². The Morgan fingerprint density at radius 1 is 1.18 bits per heavy atom. The lowest BCUT2D eigenvalue weighted by molar-refractivity contribution is 0.572. The summed E-state index contributed by atoms with van der Waals surface area (Å²) in [7, 11) is 0. The highest BCUT2D eigenvalue weighted by Gasteiger charge is 2.13. The molecule has 0 aliphatic carbocycles. The molecular formula is C14H19Cl2N. The summed E-state index contributed by atoms with van der Waals surface area (Å²) in [6.45, 7) is 3.70. The summed E-state index contributed by atoms with van der Waals surface area (Å²) in [6.07, 6.45) is 7.37. The van der Waals surface area contributed by atoms with Crippen LogP contribution < -0.4 is 5.73 Å². The van der Waals surface area contributed by atoms with Gasteiger partial charge < -0.3 is 5.73 Å². The number of benzene rings is 1. The molecule has 1 aromatic carbocycles. The van der Waals surface area contributed by atoms with Crippen LogP contribution in [0.5, 0.6) is 0 Å². The Bertz CT molecular complexity index is 343. The number of unbranched alkanes of at least 4 members (excludes halogenated alkanes) is 3. The van der Waals surface area contributed by atoms with E-state index in [2.05, 4.69) is 6.58 Å². The summed E-state index contributed by atoms with van der Waals surface area (Å²) in [5.41, 5.74) is 7.00. The number of hydrogen-bond donors (Lipinski definition) is 1. The molecule has 94 valence electrons. The lowest BCUT2D eigenvalue weighted by Crippen LogP contribution is -2.11. The van der Waals surface area contributed by atoms with Crippen LogP contribution in [0.25, 0.3) is 0 Å². The molecular weight excluding hydrogens is 253 g/mol. The van der Waals surface area contributed by atoms with Crippen molar-refractivity contribution in [1.82, 2.24) is 0 Å². The van der Waals surface area contributed by atoms with E-state index < -0.39 is 0 Å². The summed E-state index contributed by atoms with van der Waals surface area (Å²) in [5.74, 6) is 0. The molecule has 1 unspecified atom stereocenters. The molecule has 0 aromatic heterocycles. The van der Waals surface area contributed by atoms with Crippen LogP contribution in [0.2, 0.25) is 10.0 Å². The Labute approximate surface area is 114 Å². The van der Waals surface area contributed by atoms with Gasteiger partial charge in [-0.3, -0.25) is 0 Å². The molecule has 0 amide bonds. The topological polar surface area (TPSA) is 26.0 Å². The molecule has 0 saturated heterocycles. The summed E-state index contributed by atoms with van der Waals surface area (Å²) >= 11 is 12.2. The highest BCUT2D eigenvalue weighted by Crippen LogP contribution is 2.31. The summed E-state index contributed by atoms with van der Waals surface area (Å²) in [4.78, 5) is 0. The minimum atomic E-state index is -0.0695. The van der Waals surface area contributed by atoms with E-state index in [0.29, 0.717) is 10.0 Å². The Morgan fingerprint density at radius 2 is 1.82 bits per heavy atom. The number of allylic oxidation sites excluding steroid dienone is 1. The molecule has 0 fully saturated rings. The maximum atomic E-state index is 6.12. The van der Waals surface area contributed by atoms with Crippen LogP contribution in [0, 0.1) is 0 Å². The molecule has 0 spiro atoms. The molecule has 1 rings (SSSR count). The standard InChI is InChI=1S/C14H19Cl2N/c1-2-3-4-5-6-10-13(17)14-11(15)8-7-9-12(14)16/h2,7-9,13H,1,3-6,10,17H2. The van der Waals surface area contributed by atoms with Crippen LogP contribution in [0.3, 0.4) is 0 Å². The van der Waals surface area contributed by atoms with Crippen molar-refractivity contribution in [2.24, 2.45) is 5.73 Å². The molecule has 0 aliphatic heterocycles. The van der Waals surface area contributed by atoms with Gasteiger partial charge in [-0.05, 0) is 31.4 Å². The highest BCUT2D eigenvalue weighted by molar-refractivity contribution is 6.36. The second-order valence-corrected chi connectivity index (χ2v) is 4.98. The van der Waals surface area contributed by atoms with E-state index in [9.17, 15) is 0 Å². The van der Waals surface area contributed by atoms with Crippen molar-refractivity contribution in [1.29, 1.82) is 0 Å². The van der Waals surface area contributed by atoms with Crippen LogP contribution in [0.1, 0.15) is 43.7 Å². The van der Waals surface area contributed by atoms with E-state index in [1.54, 1.807) is 0 Å². The number of halogens is 2. The molecule has 1 atom stereocenters. The Hall–Kier alpha value is -0.500. The minimum absolute atomic E-state index is 0.0695. The summed E-state index contributed by atoms with van der Waals surface area (Å²) in [5, 5.41) is 1.33. The highest BCUT2D eigenvalue weighted by atomic mass is 35.5. The van der Waals surface area contributed by atoms with Gasteiger partial charge in [-0.15, -0.1) is 6.58 Å². The molecule has 1 nitrogen and oxygen atoms in total. The maximum absolute atomic E-state index is 6.12. The lowest BCUT2D eigenvalue weighted by Gasteiger charge is -2.15. The molecule has 17 heavy (non-hydrogen) atoms. The second-order valence-electron chi connectivity index (χ2n) is 4.17. The molecule has 1 aromatic rings. The van der Waals surface area contributed by atoms with Crippen molar-refractivity contribution in [2.45, 2.75) is 38.1 Å². The predicted molar refractivity (Wildman–Crippen MR) is 76.7 cm³/mol. The van der Waals surface area contributed by atoms with Gasteiger partial charge in [0, 0.05) is 21.7 Å². The zero-order chi connectivity index (χ0) is 12.7. The molecule has 3 heteroatoms. The van der Waals surface area contributed by atoms with Gasteiger partial charge in [0.1, 0.15) is 0 Å². The quantitative estimate of drug-likeness (QED) is 0.540. The Morgan fingerprint density at radius 3 is 2.41 bits per heavy atom. The van der Waals surface area contributed by atoms with Gasteiger partial charge in [-0.1, -0.05) is 48.2 Å². The first-order chi connectivity index (χ1) is 8.16. The smallest absolute Gasteiger partial charge is 0.0468 e. The fourth-order valence-electron chi connectivity index (χ4n) is 1.84. The molecule has 2 N–H and O–H groups in total. The molecule has 0 radical (unpaired) electrons. The molecule has 0 heterocycles. The predicted octanol–water partition coefficient (Wildman–Crippen LogP) is 5.13. The largest absolute Gasteiger partial charge is 0.324 e. The van der Waals surface area contributed by atoms with Crippen LogP contribution in [0.15, 0.2) is 30.9 Å². The zero-order valence-corrected chi connectivity index (χ0v) is 11.5. The third kappa shape index (κ3) is 4.71. The maximum Gasteiger partial charge on any atom is 0.0468 e. The third-order valence-corrected chi connectivity index (χ3v) is 3.45. The average molecular weight is 272 g/mol. The number of nitrogens with two attached hydrogens (primary N) is 1. The fraction of sp³-hybridized carbons (Fsp3) is 0.429. The van der Waals surface area contributed by atoms with E-state index in [4.69, 9.17) is 28.9 Å². The first-order valence-corrected chi connectivity index (χ1v) is 6.72. The molecule has 0 aliphatic rings. The van der Waals surface area contributed by atoms with Gasteiger partial charge in [0.2, 0.25) is 0 Å². The van der Waals surface area contributed by atoms with Crippen LogP contribution in [0.4, 0.5) is 0 Å². The van der Waals surface area contributed by atoms with Crippen LogP contribution >= 0.6 is 23.2 Å². The average Bonchev–Trinajstić information content (AvgIpc) is 2.28. The van der Waals surface area contributed by atoms with Gasteiger partial charge in [0.25, 0.3) is 0 Å². The van der Waals surface area contributed by atoms with E-state index in [0.717, 1.165) is 24.8 Å². The third-order valence-electron chi connectivity index (χ3n) is 2.79. The monoisotopic (exact) mass is 271 g/mol. The van der Waals surface area contributed by atoms with E-state index in [-0.39, 0.29) is 6.04 Å². The lowest BCUT2D eigenvalue weighted by atomic mass is 10.0. The summed E-state index contributed by atoms with van der Waals surface area (Å²) in [6, 6.07) is 5.44. The number of rotatable bonds is 7. The van der Waals surface area contributed by atoms with Crippen molar-refractivity contribution >= 4 is 23.2 Å². The molecule has 0 bridgehead atoms. The van der Waals surface area contributed by atoms with Crippen molar-refractivity contribution < 1.29 is 0 Å². The molecule has 0 saturated carbocycles. The van der Waals surface area contributed by atoms with Gasteiger partial charge in [0.15, 0.2) is 0 Å². The van der Waals surface area contributed by atoms with Gasteiger partial charge in [-0.2, -0.15) is 0 Å². The van der Waals surface area contributed by atoms with Gasteiger partial charge >= 0.3 is 0 Å². The normalized spacial score (nSPS) is 12.4. The Balaban J connectivity index is 2.46. The number of hydrogen-bond acceptors (Lipinski definition) is 1. The second kappa shape index (κ2) is 7.75. The minimum Gasteiger partial charge on any atom is -0.324 e. The van der Waals surface area contributed by atoms with Crippen molar-refractivity contribution in [2.75, 3.05) is 0 Å². The zero-order valence-electron chi connectivity index (χ0n) is 9.96. The van der Waals surface area contributed by atoms with E-state index >= 15 is 0 Å². The van der Waals surface area contributed by atoms with Crippen LogP contribution in [-0.4, -0.2) is 0 Å². The van der Waals surface area contributed by atoms with Crippen LogP contribution in [-0.2, 0) is 0 Å². The van der Waals surface area contributed by atoms with Crippen molar-refractivity contribution in [3.63, 3.8) is 0 Å². The first-order valence-electron chi connectivity index (χ1n) is 5.97. The van der Waals surface area contributed by atoms with Crippen molar-refractivity contribution in [3.05, 3.63) is 46.5 Å². The first kappa shape index (κ1) is 14.6. The van der Waals surface area contributed by atoms with E-state index in [1.165, 1.54) is 12.8 Å². The van der Waals surface area contributed by atoms with Crippen molar-refractivity contribution in [3.8, 4) is 0 Å². The summed E-state index contributed by atoms with van der Waals surface area (Å²) < 4.78 is 0.